The summed E-state index contributed by atoms with van der Waals surface area (Å²) in [5.41, 5.74) is 0. The molecule has 0 aromatic rings. The van der Waals surface area contributed by atoms with E-state index in [2.05, 4.69) is 31.3 Å². The van der Waals surface area contributed by atoms with E-state index in [9.17, 15) is 19.8 Å². The molecular formula is C80H155NO5. The molecule has 0 saturated carbocycles. The summed E-state index contributed by atoms with van der Waals surface area (Å²) in [6, 6.07) is -0.624. The van der Waals surface area contributed by atoms with E-state index in [4.69, 9.17) is 4.74 Å². The summed E-state index contributed by atoms with van der Waals surface area (Å²) in [5, 5.41) is 23.3. The van der Waals surface area contributed by atoms with Crippen molar-refractivity contribution in [2.75, 3.05) is 13.2 Å². The quantitative estimate of drug-likeness (QED) is 0.0320. The number of carbonyl (C=O) groups excluding carboxylic acids is 2. The molecule has 0 radical (unpaired) electrons. The summed E-state index contributed by atoms with van der Waals surface area (Å²) in [5.74, 6) is -0.0432. The Bertz CT molecular complexity index is 1350. The van der Waals surface area contributed by atoms with Crippen LogP contribution in [-0.4, -0.2) is 47.4 Å². The van der Waals surface area contributed by atoms with Gasteiger partial charge in [-0.25, -0.2) is 0 Å². The molecule has 0 aromatic heterocycles. The lowest BCUT2D eigenvalue weighted by atomic mass is 10.0. The van der Waals surface area contributed by atoms with Gasteiger partial charge in [-0.3, -0.25) is 9.59 Å². The molecule has 0 aliphatic heterocycles. The van der Waals surface area contributed by atoms with Crippen molar-refractivity contribution in [3.63, 3.8) is 0 Å². The SMILES string of the molecule is CCCCCC/C=C\CCCCCCCC(=O)OCCCCCCCCCCCCCCCCCCCCCCCCCCCCCCCCCCCCCCCC(=O)NC(CO)C(O)/C=C/CCCCCCCCCCCCCCCCCCC. The lowest BCUT2D eigenvalue weighted by Crippen LogP contribution is -2.45. The number of aliphatic hydroxyl groups excluding tert-OH is 2. The number of aliphatic hydroxyl groups is 2. The highest BCUT2D eigenvalue weighted by Gasteiger charge is 2.18. The van der Waals surface area contributed by atoms with Crippen LogP contribution in [0.2, 0.25) is 0 Å². The minimum atomic E-state index is -0.841. The summed E-state index contributed by atoms with van der Waals surface area (Å²) >= 11 is 0. The number of amides is 1. The van der Waals surface area contributed by atoms with E-state index in [1.807, 2.05) is 6.08 Å². The molecule has 6 heteroatoms. The Morgan fingerprint density at radius 2 is 0.547 bits per heavy atom. The van der Waals surface area contributed by atoms with Gasteiger partial charge in [0, 0.05) is 12.8 Å². The summed E-state index contributed by atoms with van der Waals surface area (Å²) in [6.07, 6.45) is 97.4. The standard InChI is InChI=1S/C80H155NO5/c1-3-5-7-9-11-13-15-17-18-19-39-42-45-49-52-56-60-64-68-72-78(83)77(76-82)81-79(84)73-69-65-61-57-53-50-46-43-40-37-35-33-31-29-27-25-23-21-20-22-24-26-28-30-32-34-36-38-41-44-47-51-55-59-63-67-71-75-86-80(85)74-70-66-62-58-54-48-16-14-12-10-8-6-4-2/h14,16,68,72,77-78,82-83H,3-13,15,17-67,69-71,73-76H2,1-2H3,(H,81,84)/b16-14-,72-68+. The number of allylic oxidation sites excluding steroid dienone is 3. The van der Waals surface area contributed by atoms with Gasteiger partial charge in [0.25, 0.3) is 0 Å². The molecule has 0 bridgehead atoms. The second-order valence-corrected chi connectivity index (χ2v) is 27.4. The molecule has 1 amide bonds. The molecule has 0 aliphatic carbocycles. The van der Waals surface area contributed by atoms with Crippen LogP contribution in [0.1, 0.15) is 450 Å². The van der Waals surface area contributed by atoms with Gasteiger partial charge in [0.15, 0.2) is 0 Å². The van der Waals surface area contributed by atoms with Gasteiger partial charge in [0.2, 0.25) is 5.91 Å². The van der Waals surface area contributed by atoms with Gasteiger partial charge in [-0.15, -0.1) is 0 Å². The zero-order valence-corrected chi connectivity index (χ0v) is 58.6. The van der Waals surface area contributed by atoms with Crippen molar-refractivity contribution >= 4 is 11.9 Å². The lowest BCUT2D eigenvalue weighted by molar-refractivity contribution is -0.143. The Kier molecular flexibility index (Phi) is 74.3. The lowest BCUT2D eigenvalue weighted by Gasteiger charge is -2.20. The fourth-order valence-electron chi connectivity index (χ4n) is 12.7. The first-order valence-corrected chi connectivity index (χ1v) is 39.6. The second-order valence-electron chi connectivity index (χ2n) is 27.4. The molecule has 3 N–H and O–H groups in total. The van der Waals surface area contributed by atoms with Crippen LogP contribution >= 0.6 is 0 Å². The third-order valence-corrected chi connectivity index (χ3v) is 18.7. The molecule has 510 valence electrons. The first-order valence-electron chi connectivity index (χ1n) is 39.6. The monoisotopic (exact) mass is 1210 g/mol. The van der Waals surface area contributed by atoms with E-state index in [0.29, 0.717) is 19.4 Å². The molecule has 2 unspecified atom stereocenters. The number of unbranched alkanes of at least 4 members (excludes halogenated alkanes) is 62. The third kappa shape index (κ3) is 71.4. The van der Waals surface area contributed by atoms with Crippen molar-refractivity contribution in [1.82, 2.24) is 5.32 Å². The molecule has 0 aromatic carbocycles. The minimum Gasteiger partial charge on any atom is -0.466 e. The fraction of sp³-hybridized carbons (Fsp3) is 0.925. The Hall–Kier alpha value is -1.66. The van der Waals surface area contributed by atoms with Gasteiger partial charge in [0.05, 0.1) is 25.4 Å². The largest absolute Gasteiger partial charge is 0.466 e. The van der Waals surface area contributed by atoms with Crippen LogP contribution in [0.25, 0.3) is 0 Å². The van der Waals surface area contributed by atoms with Crippen LogP contribution in [0.15, 0.2) is 24.3 Å². The zero-order valence-electron chi connectivity index (χ0n) is 58.6. The molecule has 0 saturated heterocycles. The number of ether oxygens (including phenoxy) is 1. The number of carbonyl (C=O) groups is 2. The van der Waals surface area contributed by atoms with Crippen molar-refractivity contribution in [1.29, 1.82) is 0 Å². The Morgan fingerprint density at radius 1 is 0.314 bits per heavy atom. The predicted molar refractivity (Wildman–Crippen MR) is 380 cm³/mol. The fourth-order valence-corrected chi connectivity index (χ4v) is 12.7. The van der Waals surface area contributed by atoms with Crippen molar-refractivity contribution in [3.8, 4) is 0 Å². The molecule has 0 heterocycles. The molecule has 0 fully saturated rings. The molecule has 86 heavy (non-hydrogen) atoms. The maximum Gasteiger partial charge on any atom is 0.305 e. The van der Waals surface area contributed by atoms with Gasteiger partial charge in [-0.2, -0.15) is 0 Å². The Morgan fingerprint density at radius 3 is 0.837 bits per heavy atom. The topological polar surface area (TPSA) is 95.9 Å². The molecule has 2 atom stereocenters. The van der Waals surface area contributed by atoms with Gasteiger partial charge < -0.3 is 20.3 Å². The first kappa shape index (κ1) is 84.3. The predicted octanol–water partition coefficient (Wildman–Crippen LogP) is 26.0. The van der Waals surface area contributed by atoms with Crippen LogP contribution in [0.3, 0.4) is 0 Å². The summed E-state index contributed by atoms with van der Waals surface area (Å²) in [6.45, 7) is 4.94. The van der Waals surface area contributed by atoms with E-state index in [-0.39, 0.29) is 18.5 Å². The van der Waals surface area contributed by atoms with Crippen LogP contribution in [0, 0.1) is 0 Å². The van der Waals surface area contributed by atoms with Crippen LogP contribution in [-0.2, 0) is 14.3 Å². The van der Waals surface area contributed by atoms with E-state index in [1.54, 1.807) is 6.08 Å². The highest BCUT2D eigenvalue weighted by molar-refractivity contribution is 5.76. The summed E-state index contributed by atoms with van der Waals surface area (Å²) < 4.78 is 5.49. The smallest absolute Gasteiger partial charge is 0.305 e. The van der Waals surface area contributed by atoms with Crippen molar-refractivity contribution in [2.24, 2.45) is 0 Å². The normalized spacial score (nSPS) is 12.6. The van der Waals surface area contributed by atoms with Crippen LogP contribution in [0.5, 0.6) is 0 Å². The average molecular weight is 1210 g/mol. The second kappa shape index (κ2) is 75.8. The zero-order chi connectivity index (χ0) is 62.0. The van der Waals surface area contributed by atoms with Gasteiger partial charge in [-0.1, -0.05) is 404 Å². The number of rotatable bonds is 75. The molecule has 0 spiro atoms. The maximum atomic E-state index is 12.5. The third-order valence-electron chi connectivity index (χ3n) is 18.7. The van der Waals surface area contributed by atoms with E-state index >= 15 is 0 Å². The van der Waals surface area contributed by atoms with Gasteiger partial charge in [-0.05, 0) is 57.8 Å². The van der Waals surface area contributed by atoms with Crippen molar-refractivity contribution in [3.05, 3.63) is 24.3 Å². The molecule has 0 aliphatic rings. The number of esters is 1. The van der Waals surface area contributed by atoms with Gasteiger partial charge in [0.1, 0.15) is 0 Å². The first-order chi connectivity index (χ1) is 42.5. The number of hydrogen-bond acceptors (Lipinski definition) is 5. The Labute approximate surface area is 539 Å². The van der Waals surface area contributed by atoms with E-state index in [1.165, 1.54) is 379 Å². The summed E-state index contributed by atoms with van der Waals surface area (Å²) in [4.78, 5) is 24.6. The molecule has 6 nitrogen and oxygen atoms in total. The van der Waals surface area contributed by atoms with E-state index < -0.39 is 12.1 Å². The summed E-state index contributed by atoms with van der Waals surface area (Å²) in [7, 11) is 0. The minimum absolute atomic E-state index is 0.0146. The number of nitrogens with one attached hydrogen (secondary N) is 1. The maximum absolute atomic E-state index is 12.5. The molecular weight excluding hydrogens is 1050 g/mol. The average Bonchev–Trinajstić information content (AvgIpc) is 3.55. The van der Waals surface area contributed by atoms with Crippen LogP contribution < -0.4 is 5.32 Å². The Balaban J connectivity index is 3.32. The highest BCUT2D eigenvalue weighted by Crippen LogP contribution is 2.20. The van der Waals surface area contributed by atoms with E-state index in [0.717, 1.165) is 44.9 Å². The number of hydrogen-bond donors (Lipinski definition) is 3. The molecule has 0 rings (SSSR count). The van der Waals surface area contributed by atoms with Crippen molar-refractivity contribution in [2.45, 2.75) is 463 Å². The van der Waals surface area contributed by atoms with Crippen molar-refractivity contribution < 1.29 is 24.5 Å². The van der Waals surface area contributed by atoms with Gasteiger partial charge >= 0.3 is 5.97 Å². The van der Waals surface area contributed by atoms with Crippen LogP contribution in [0.4, 0.5) is 0 Å². The highest BCUT2D eigenvalue weighted by atomic mass is 16.5.